The van der Waals surface area contributed by atoms with Crippen molar-refractivity contribution in [1.82, 2.24) is 5.32 Å². The molecule has 0 heterocycles. The number of amides is 1. The first-order valence-electron chi connectivity index (χ1n) is 7.06. The summed E-state index contributed by atoms with van der Waals surface area (Å²) in [6.45, 7) is 0. The highest BCUT2D eigenvalue weighted by Crippen LogP contribution is 2.41. The molecule has 0 spiro atoms. The second kappa shape index (κ2) is 6.77. The van der Waals surface area contributed by atoms with E-state index in [1.165, 1.54) is 0 Å². The van der Waals surface area contributed by atoms with Crippen molar-refractivity contribution in [1.29, 1.82) is 0 Å². The van der Waals surface area contributed by atoms with Crippen LogP contribution in [0.15, 0.2) is 42.5 Å². The zero-order chi connectivity index (χ0) is 15.7. The molecule has 0 saturated heterocycles. The number of nitrogens with one attached hydrogen (secondary N) is 1. The maximum absolute atomic E-state index is 12.4. The monoisotopic (exact) mass is 445 g/mol. The Balaban J connectivity index is 1.74. The van der Waals surface area contributed by atoms with Crippen molar-refractivity contribution in [2.45, 2.75) is 24.8 Å². The van der Waals surface area contributed by atoms with Gasteiger partial charge in [-0.15, -0.1) is 0 Å². The summed E-state index contributed by atoms with van der Waals surface area (Å²) in [7, 11) is 0. The van der Waals surface area contributed by atoms with E-state index in [0.717, 1.165) is 27.5 Å². The molecule has 2 atom stereocenters. The molecule has 1 fully saturated rings. The summed E-state index contributed by atoms with van der Waals surface area (Å²) >= 11 is 14.4. The van der Waals surface area contributed by atoms with Gasteiger partial charge >= 0.3 is 0 Å². The first-order valence-corrected chi connectivity index (χ1v) is 8.90. The second-order valence-corrected chi connectivity index (χ2v) is 7.42. The Morgan fingerprint density at radius 2 is 1.91 bits per heavy atom. The quantitative estimate of drug-likeness (QED) is 0.640. The lowest BCUT2D eigenvalue weighted by atomic mass is 9.75. The van der Waals surface area contributed by atoms with Gasteiger partial charge in [0.15, 0.2) is 0 Å². The molecule has 0 aromatic heterocycles. The van der Waals surface area contributed by atoms with Gasteiger partial charge in [0, 0.05) is 25.6 Å². The fourth-order valence-electron chi connectivity index (χ4n) is 2.74. The minimum atomic E-state index is -0.0233. The first-order chi connectivity index (χ1) is 10.6. The smallest absolute Gasteiger partial charge is 0.252 e. The number of halogens is 3. The average Bonchev–Trinajstić information content (AvgIpc) is 2.46. The Labute approximate surface area is 153 Å². The maximum atomic E-state index is 12.4. The molecule has 1 saturated carbocycles. The summed E-state index contributed by atoms with van der Waals surface area (Å²) in [4.78, 5) is 12.4. The molecule has 5 heteroatoms. The molecular weight excluding hydrogens is 432 g/mol. The van der Waals surface area contributed by atoms with Crippen molar-refractivity contribution < 1.29 is 4.79 Å². The minimum absolute atomic E-state index is 0.0233. The van der Waals surface area contributed by atoms with Crippen LogP contribution in [0.1, 0.15) is 34.7 Å². The molecule has 1 aliphatic carbocycles. The first kappa shape index (κ1) is 16.1. The molecule has 22 heavy (non-hydrogen) atoms. The van der Waals surface area contributed by atoms with Crippen LogP contribution < -0.4 is 5.32 Å². The van der Waals surface area contributed by atoms with Crippen LogP contribution in [0.25, 0.3) is 0 Å². The Morgan fingerprint density at radius 1 is 1.14 bits per heavy atom. The van der Waals surface area contributed by atoms with Gasteiger partial charge < -0.3 is 5.32 Å². The van der Waals surface area contributed by atoms with Gasteiger partial charge in [0.1, 0.15) is 0 Å². The van der Waals surface area contributed by atoms with Crippen molar-refractivity contribution in [2.75, 3.05) is 0 Å². The van der Waals surface area contributed by atoms with Crippen LogP contribution in [0, 0.1) is 3.57 Å². The van der Waals surface area contributed by atoms with E-state index >= 15 is 0 Å². The number of rotatable bonds is 3. The standard InChI is InChI=1S/C17H14Cl2INO/c18-10-5-6-11(14(19)9-10)12-7-8-16(12)21-17(22)13-3-1-2-4-15(13)20/h1-6,9,12,16H,7-8H2,(H,21,22). The number of benzene rings is 2. The van der Waals surface area contributed by atoms with E-state index < -0.39 is 0 Å². The van der Waals surface area contributed by atoms with Gasteiger partial charge in [-0.25, -0.2) is 0 Å². The summed E-state index contributed by atoms with van der Waals surface area (Å²) < 4.78 is 0.956. The topological polar surface area (TPSA) is 29.1 Å². The molecule has 1 amide bonds. The van der Waals surface area contributed by atoms with Gasteiger partial charge in [0.25, 0.3) is 5.91 Å². The molecular formula is C17H14Cl2INO. The third-order valence-corrected chi connectivity index (χ3v) is 5.57. The number of hydrogen-bond donors (Lipinski definition) is 1. The molecule has 0 aliphatic heterocycles. The lowest BCUT2D eigenvalue weighted by Crippen LogP contribution is -2.45. The van der Waals surface area contributed by atoms with Crippen molar-refractivity contribution in [3.8, 4) is 0 Å². The highest BCUT2D eigenvalue weighted by molar-refractivity contribution is 14.1. The predicted molar refractivity (Wildman–Crippen MR) is 98.9 cm³/mol. The van der Waals surface area contributed by atoms with E-state index in [4.69, 9.17) is 23.2 Å². The van der Waals surface area contributed by atoms with Gasteiger partial charge in [-0.3, -0.25) is 4.79 Å². The largest absolute Gasteiger partial charge is 0.349 e. The van der Waals surface area contributed by atoms with E-state index in [1.54, 1.807) is 6.07 Å². The maximum Gasteiger partial charge on any atom is 0.252 e. The molecule has 3 rings (SSSR count). The third kappa shape index (κ3) is 3.26. The van der Waals surface area contributed by atoms with Crippen LogP contribution in [-0.2, 0) is 0 Å². The Hall–Kier alpha value is -0.780. The molecule has 2 aromatic carbocycles. The van der Waals surface area contributed by atoms with Gasteiger partial charge in [-0.05, 0) is 65.3 Å². The number of hydrogen-bond acceptors (Lipinski definition) is 1. The highest BCUT2D eigenvalue weighted by Gasteiger charge is 2.34. The Morgan fingerprint density at radius 3 is 2.55 bits per heavy atom. The highest BCUT2D eigenvalue weighted by atomic mass is 127. The van der Waals surface area contributed by atoms with Crippen LogP contribution in [0.4, 0.5) is 0 Å². The Kier molecular flexibility index (Phi) is 4.95. The lowest BCUT2D eigenvalue weighted by molar-refractivity contribution is 0.0904. The fraction of sp³-hybridized carbons (Fsp3) is 0.235. The molecule has 114 valence electrons. The van der Waals surface area contributed by atoms with E-state index in [-0.39, 0.29) is 17.9 Å². The van der Waals surface area contributed by atoms with Crippen LogP contribution in [0.3, 0.4) is 0 Å². The van der Waals surface area contributed by atoms with Crippen molar-refractivity contribution in [2.24, 2.45) is 0 Å². The molecule has 2 aromatic rings. The van der Waals surface area contributed by atoms with Crippen LogP contribution >= 0.6 is 45.8 Å². The van der Waals surface area contributed by atoms with Crippen molar-refractivity contribution in [3.63, 3.8) is 0 Å². The van der Waals surface area contributed by atoms with Gasteiger partial charge in [-0.2, -0.15) is 0 Å². The van der Waals surface area contributed by atoms with Crippen molar-refractivity contribution >= 4 is 51.7 Å². The minimum Gasteiger partial charge on any atom is -0.349 e. The van der Waals surface area contributed by atoms with E-state index in [2.05, 4.69) is 27.9 Å². The summed E-state index contributed by atoms with van der Waals surface area (Å²) in [5.41, 5.74) is 1.78. The van der Waals surface area contributed by atoms with Crippen LogP contribution in [0.5, 0.6) is 0 Å². The van der Waals surface area contributed by atoms with Gasteiger partial charge in [0.2, 0.25) is 0 Å². The third-order valence-electron chi connectivity index (χ3n) is 4.07. The molecule has 1 N–H and O–H groups in total. The Bertz CT molecular complexity index is 720. The van der Waals surface area contributed by atoms with Crippen LogP contribution in [-0.4, -0.2) is 11.9 Å². The average molecular weight is 446 g/mol. The zero-order valence-electron chi connectivity index (χ0n) is 11.7. The number of carbonyl (C=O) groups excluding carboxylic acids is 1. The number of carbonyl (C=O) groups is 1. The molecule has 2 unspecified atom stereocenters. The summed E-state index contributed by atoms with van der Waals surface area (Å²) in [6.07, 6.45) is 2.00. The fourth-order valence-corrected chi connectivity index (χ4v) is 3.92. The summed E-state index contributed by atoms with van der Waals surface area (Å²) in [5.74, 6) is 0.236. The normalized spacial score (nSPS) is 20.3. The summed E-state index contributed by atoms with van der Waals surface area (Å²) in [6, 6.07) is 13.3. The molecule has 0 radical (unpaired) electrons. The van der Waals surface area contributed by atoms with E-state index in [1.807, 2.05) is 36.4 Å². The van der Waals surface area contributed by atoms with Crippen molar-refractivity contribution in [3.05, 3.63) is 67.2 Å². The van der Waals surface area contributed by atoms with Gasteiger partial charge in [-0.1, -0.05) is 41.4 Å². The lowest BCUT2D eigenvalue weighted by Gasteiger charge is -2.38. The van der Waals surface area contributed by atoms with Gasteiger partial charge in [0.05, 0.1) is 5.56 Å². The summed E-state index contributed by atoms with van der Waals surface area (Å²) in [5, 5.41) is 4.43. The van der Waals surface area contributed by atoms with E-state index in [0.29, 0.717) is 10.0 Å². The molecule has 1 aliphatic rings. The zero-order valence-corrected chi connectivity index (χ0v) is 15.3. The predicted octanol–water partition coefficient (Wildman–Crippen LogP) is 5.27. The molecule has 0 bridgehead atoms. The van der Waals surface area contributed by atoms with E-state index in [9.17, 15) is 4.79 Å². The SMILES string of the molecule is O=C(NC1CCC1c1ccc(Cl)cc1Cl)c1ccccc1I. The molecule has 2 nitrogen and oxygen atoms in total. The second-order valence-electron chi connectivity index (χ2n) is 5.41. The van der Waals surface area contributed by atoms with Crippen LogP contribution in [0.2, 0.25) is 10.0 Å².